The molecule has 1 aliphatic rings. The van der Waals surface area contributed by atoms with Gasteiger partial charge in [0.1, 0.15) is 11.2 Å². The van der Waals surface area contributed by atoms with Crippen molar-refractivity contribution in [2.75, 3.05) is 0 Å². The lowest BCUT2D eigenvalue weighted by molar-refractivity contribution is -0.144. The molecule has 0 aromatic carbocycles. The Hall–Kier alpha value is -1.32. The molecule has 1 aliphatic carbocycles. The second-order valence-corrected chi connectivity index (χ2v) is 3.96. The van der Waals surface area contributed by atoms with Gasteiger partial charge in [0.15, 0.2) is 0 Å². The zero-order chi connectivity index (χ0) is 10.2. The maximum Gasteiger partial charge on any atom is 0.317 e. The van der Waals surface area contributed by atoms with E-state index in [1.807, 2.05) is 11.6 Å². The van der Waals surface area contributed by atoms with Crippen LogP contribution in [0.15, 0.2) is 12.4 Å². The third kappa shape index (κ3) is 1.14. The topological polar surface area (TPSA) is 55.1 Å². The quantitative estimate of drug-likeness (QED) is 0.772. The minimum absolute atomic E-state index is 0.697. The van der Waals surface area contributed by atoms with Gasteiger partial charge < -0.3 is 9.67 Å². The number of hydrogen-bond acceptors (Lipinski definition) is 2. The molecule has 1 saturated carbocycles. The first-order chi connectivity index (χ1) is 6.67. The van der Waals surface area contributed by atoms with Crippen molar-refractivity contribution >= 4 is 5.97 Å². The molecule has 1 aromatic rings. The second-order valence-electron chi connectivity index (χ2n) is 3.96. The van der Waals surface area contributed by atoms with Gasteiger partial charge in [-0.3, -0.25) is 4.79 Å². The van der Waals surface area contributed by atoms with Crippen LogP contribution in [0.5, 0.6) is 0 Å². The molecule has 2 rings (SSSR count). The van der Waals surface area contributed by atoms with Gasteiger partial charge in [-0.25, -0.2) is 4.98 Å². The van der Waals surface area contributed by atoms with E-state index in [1.54, 1.807) is 12.4 Å². The van der Waals surface area contributed by atoms with Crippen LogP contribution in [0, 0.1) is 0 Å². The molecule has 0 atom stereocenters. The van der Waals surface area contributed by atoms with Crippen LogP contribution in [0.2, 0.25) is 0 Å². The lowest BCUT2D eigenvalue weighted by Gasteiger charge is -2.22. The summed E-state index contributed by atoms with van der Waals surface area (Å²) in [7, 11) is 1.85. The number of aryl methyl sites for hydroxylation is 1. The number of imidazole rings is 1. The van der Waals surface area contributed by atoms with Crippen molar-refractivity contribution in [3.05, 3.63) is 18.2 Å². The van der Waals surface area contributed by atoms with Crippen molar-refractivity contribution in [1.82, 2.24) is 9.55 Å². The minimum atomic E-state index is -0.732. The molecule has 0 radical (unpaired) electrons. The van der Waals surface area contributed by atoms with E-state index < -0.39 is 11.4 Å². The summed E-state index contributed by atoms with van der Waals surface area (Å²) < 4.78 is 1.82. The van der Waals surface area contributed by atoms with Gasteiger partial charge in [0.2, 0.25) is 0 Å². The molecule has 0 unspecified atom stereocenters. The molecule has 76 valence electrons. The molecule has 4 nitrogen and oxygen atoms in total. The molecule has 0 aliphatic heterocycles. The van der Waals surface area contributed by atoms with Gasteiger partial charge in [-0.15, -0.1) is 0 Å². The van der Waals surface area contributed by atoms with E-state index in [0.717, 1.165) is 12.8 Å². The maximum absolute atomic E-state index is 11.3. The molecule has 0 bridgehead atoms. The highest BCUT2D eigenvalue weighted by Gasteiger charge is 2.45. The van der Waals surface area contributed by atoms with Crippen LogP contribution in [0.4, 0.5) is 0 Å². The van der Waals surface area contributed by atoms with E-state index in [1.165, 1.54) is 0 Å². The molecule has 1 N–H and O–H groups in total. The Kier molecular flexibility index (Phi) is 2.06. The zero-order valence-corrected chi connectivity index (χ0v) is 8.23. The van der Waals surface area contributed by atoms with Crippen molar-refractivity contribution in [1.29, 1.82) is 0 Å². The largest absolute Gasteiger partial charge is 0.480 e. The number of hydrogen-bond donors (Lipinski definition) is 1. The fraction of sp³-hybridized carbons (Fsp3) is 0.600. The number of rotatable bonds is 2. The Morgan fingerprint density at radius 1 is 1.57 bits per heavy atom. The number of aromatic nitrogens is 2. The number of nitrogens with zero attached hydrogens (tertiary/aromatic N) is 2. The van der Waals surface area contributed by atoms with Crippen molar-refractivity contribution < 1.29 is 9.90 Å². The Morgan fingerprint density at radius 2 is 2.21 bits per heavy atom. The molecule has 0 amide bonds. The summed E-state index contributed by atoms with van der Waals surface area (Å²) in [6.07, 6.45) is 6.87. The number of aliphatic carboxylic acids is 1. The highest BCUT2D eigenvalue weighted by atomic mass is 16.4. The first-order valence-electron chi connectivity index (χ1n) is 4.88. The molecule has 1 aromatic heterocycles. The van der Waals surface area contributed by atoms with E-state index >= 15 is 0 Å². The molecule has 1 fully saturated rings. The van der Waals surface area contributed by atoms with Crippen LogP contribution in [0.25, 0.3) is 0 Å². The van der Waals surface area contributed by atoms with E-state index in [-0.39, 0.29) is 0 Å². The van der Waals surface area contributed by atoms with E-state index in [9.17, 15) is 9.90 Å². The SMILES string of the molecule is Cn1ccnc1C1(C(=O)O)CCCC1. The average molecular weight is 194 g/mol. The predicted octanol–water partition coefficient (Wildman–Crippen LogP) is 1.32. The number of carboxylic acids is 1. The maximum atomic E-state index is 11.3. The smallest absolute Gasteiger partial charge is 0.317 e. The fourth-order valence-corrected chi connectivity index (χ4v) is 2.34. The molecular weight excluding hydrogens is 180 g/mol. The monoisotopic (exact) mass is 194 g/mol. The molecule has 14 heavy (non-hydrogen) atoms. The molecular formula is C10H14N2O2. The number of carboxylic acid groups (broad SMARTS) is 1. The summed E-state index contributed by atoms with van der Waals surface area (Å²) in [6, 6.07) is 0. The third-order valence-electron chi connectivity index (χ3n) is 3.12. The van der Waals surface area contributed by atoms with Gasteiger partial charge >= 0.3 is 5.97 Å². The fourth-order valence-electron chi connectivity index (χ4n) is 2.34. The van der Waals surface area contributed by atoms with Crippen molar-refractivity contribution in [2.24, 2.45) is 7.05 Å². The summed E-state index contributed by atoms with van der Waals surface area (Å²) in [5.74, 6) is -0.0354. The van der Waals surface area contributed by atoms with E-state index in [2.05, 4.69) is 4.98 Å². The Labute approximate surface area is 82.6 Å². The Bertz CT molecular complexity index is 351. The molecule has 0 saturated heterocycles. The van der Waals surface area contributed by atoms with Crippen molar-refractivity contribution in [2.45, 2.75) is 31.1 Å². The van der Waals surface area contributed by atoms with Crippen molar-refractivity contribution in [3.8, 4) is 0 Å². The van der Waals surface area contributed by atoms with Gasteiger partial charge in [0, 0.05) is 19.4 Å². The van der Waals surface area contributed by atoms with Gasteiger partial charge in [-0.05, 0) is 12.8 Å². The van der Waals surface area contributed by atoms with Crippen LogP contribution in [0.1, 0.15) is 31.5 Å². The van der Waals surface area contributed by atoms with Crippen LogP contribution in [-0.2, 0) is 17.3 Å². The van der Waals surface area contributed by atoms with Crippen LogP contribution < -0.4 is 0 Å². The van der Waals surface area contributed by atoms with Gasteiger partial charge in [0.05, 0.1) is 0 Å². The first kappa shape index (κ1) is 9.24. The Morgan fingerprint density at radius 3 is 2.64 bits per heavy atom. The van der Waals surface area contributed by atoms with Crippen LogP contribution >= 0.6 is 0 Å². The lowest BCUT2D eigenvalue weighted by atomic mass is 9.85. The lowest BCUT2D eigenvalue weighted by Crippen LogP contribution is -2.35. The summed E-state index contributed by atoms with van der Waals surface area (Å²) in [5.41, 5.74) is -0.724. The molecule has 1 heterocycles. The van der Waals surface area contributed by atoms with Gasteiger partial charge in [0.25, 0.3) is 0 Å². The Balaban J connectivity index is 2.46. The van der Waals surface area contributed by atoms with Crippen LogP contribution in [-0.4, -0.2) is 20.6 Å². The highest BCUT2D eigenvalue weighted by Crippen LogP contribution is 2.40. The van der Waals surface area contributed by atoms with E-state index in [0.29, 0.717) is 18.7 Å². The van der Waals surface area contributed by atoms with Gasteiger partial charge in [-0.1, -0.05) is 12.8 Å². The standard InChI is InChI=1S/C10H14N2O2/c1-12-7-6-11-8(12)10(9(13)14)4-2-3-5-10/h6-7H,2-5H2,1H3,(H,13,14). The average Bonchev–Trinajstić information content (AvgIpc) is 2.72. The van der Waals surface area contributed by atoms with Crippen LogP contribution in [0.3, 0.4) is 0 Å². The zero-order valence-electron chi connectivity index (χ0n) is 8.23. The highest BCUT2D eigenvalue weighted by molar-refractivity contribution is 5.80. The normalized spacial score (nSPS) is 19.8. The minimum Gasteiger partial charge on any atom is -0.480 e. The first-order valence-corrected chi connectivity index (χ1v) is 4.88. The summed E-state index contributed by atoms with van der Waals surface area (Å²) in [5, 5.41) is 9.31. The van der Waals surface area contributed by atoms with E-state index in [4.69, 9.17) is 0 Å². The predicted molar refractivity (Wildman–Crippen MR) is 51.0 cm³/mol. The molecule has 0 spiro atoms. The number of carbonyl (C=O) groups is 1. The second kappa shape index (κ2) is 3.12. The summed E-state index contributed by atoms with van der Waals surface area (Å²) in [4.78, 5) is 15.5. The van der Waals surface area contributed by atoms with Gasteiger partial charge in [-0.2, -0.15) is 0 Å². The summed E-state index contributed by atoms with van der Waals surface area (Å²) in [6.45, 7) is 0. The summed E-state index contributed by atoms with van der Waals surface area (Å²) >= 11 is 0. The van der Waals surface area contributed by atoms with Crippen molar-refractivity contribution in [3.63, 3.8) is 0 Å². The molecule has 4 heteroatoms. The third-order valence-corrected chi connectivity index (χ3v) is 3.12.